The highest BCUT2D eigenvalue weighted by atomic mass is 16.1. The van der Waals surface area contributed by atoms with Crippen LogP contribution < -0.4 is 0 Å². The predicted molar refractivity (Wildman–Crippen MR) is 49.6 cm³/mol. The zero-order chi connectivity index (χ0) is 8.81. The monoisotopic (exact) mass is 162 g/mol. The Hall–Kier alpha value is -1.03. The average molecular weight is 162 g/mol. The van der Waals surface area contributed by atoms with E-state index < -0.39 is 0 Å². The third-order valence-corrected chi connectivity index (χ3v) is 2.13. The summed E-state index contributed by atoms with van der Waals surface area (Å²) in [5, 5.41) is 0. The Bertz CT molecular complexity index is 230. The highest BCUT2D eigenvalue weighted by Crippen LogP contribution is 2.20. The van der Waals surface area contributed by atoms with Gasteiger partial charge in [0.2, 0.25) is 0 Å². The van der Waals surface area contributed by atoms with Gasteiger partial charge in [-0.1, -0.05) is 5.57 Å². The lowest BCUT2D eigenvalue weighted by atomic mass is 10.1. The average Bonchev–Trinajstić information content (AvgIpc) is 2.45. The van der Waals surface area contributed by atoms with Gasteiger partial charge in [-0.2, -0.15) is 0 Å². The number of carbonyl (C=O) groups is 1. The van der Waals surface area contributed by atoms with Gasteiger partial charge >= 0.3 is 0 Å². The molecule has 0 fully saturated rings. The Labute approximate surface area is 73.9 Å². The van der Waals surface area contributed by atoms with Crippen molar-refractivity contribution in [3.05, 3.63) is 11.6 Å². The maximum absolute atomic E-state index is 10.8. The molecule has 1 aliphatic carbocycles. The molecule has 0 aromatic carbocycles. The molecule has 0 N–H and O–H groups in total. The van der Waals surface area contributed by atoms with Gasteiger partial charge in [-0.25, -0.2) is 0 Å². The molecule has 0 aromatic heterocycles. The first-order valence-electron chi connectivity index (χ1n) is 4.48. The topological polar surface area (TPSA) is 17.1 Å². The van der Waals surface area contributed by atoms with E-state index in [9.17, 15) is 4.79 Å². The zero-order valence-corrected chi connectivity index (χ0v) is 7.31. The summed E-state index contributed by atoms with van der Waals surface area (Å²) >= 11 is 0. The van der Waals surface area contributed by atoms with Gasteiger partial charge in [-0.15, -0.1) is 12.3 Å². The van der Waals surface area contributed by atoms with Crippen LogP contribution in [-0.2, 0) is 4.79 Å². The number of hydrogen-bond donors (Lipinski definition) is 0. The van der Waals surface area contributed by atoms with Gasteiger partial charge in [0.15, 0.2) is 5.78 Å². The SMILES string of the molecule is C#CCCCCC1=CC(=O)CC1. The van der Waals surface area contributed by atoms with Crippen LogP contribution in [0.3, 0.4) is 0 Å². The molecular weight excluding hydrogens is 148 g/mol. The van der Waals surface area contributed by atoms with Gasteiger partial charge in [-0.3, -0.25) is 4.79 Å². The first-order valence-corrected chi connectivity index (χ1v) is 4.48. The fourth-order valence-corrected chi connectivity index (χ4v) is 1.43. The fourth-order valence-electron chi connectivity index (χ4n) is 1.43. The predicted octanol–water partition coefficient (Wildman–Crippen LogP) is 2.47. The highest BCUT2D eigenvalue weighted by molar-refractivity contribution is 5.92. The Kier molecular flexibility index (Phi) is 3.60. The summed E-state index contributed by atoms with van der Waals surface area (Å²) in [6.45, 7) is 0. The van der Waals surface area contributed by atoms with E-state index in [1.165, 1.54) is 5.57 Å². The van der Waals surface area contributed by atoms with E-state index in [2.05, 4.69) is 5.92 Å². The fraction of sp³-hybridized carbons (Fsp3) is 0.545. The minimum atomic E-state index is 0.293. The largest absolute Gasteiger partial charge is 0.295 e. The normalized spacial score (nSPS) is 15.9. The summed E-state index contributed by atoms with van der Waals surface area (Å²) < 4.78 is 0. The van der Waals surface area contributed by atoms with Crippen molar-refractivity contribution in [3.63, 3.8) is 0 Å². The second-order valence-corrected chi connectivity index (χ2v) is 3.18. The van der Waals surface area contributed by atoms with Crippen LogP contribution in [0, 0.1) is 12.3 Å². The molecule has 0 atom stereocenters. The van der Waals surface area contributed by atoms with Gasteiger partial charge in [0.05, 0.1) is 0 Å². The summed E-state index contributed by atoms with van der Waals surface area (Å²) in [6.07, 6.45) is 12.8. The van der Waals surface area contributed by atoms with Crippen molar-refractivity contribution >= 4 is 5.78 Å². The Morgan fingerprint density at radius 1 is 1.42 bits per heavy atom. The number of allylic oxidation sites excluding steroid dienone is 2. The summed E-state index contributed by atoms with van der Waals surface area (Å²) in [5.74, 6) is 2.91. The molecule has 12 heavy (non-hydrogen) atoms. The Morgan fingerprint density at radius 2 is 2.25 bits per heavy atom. The van der Waals surface area contributed by atoms with Crippen LogP contribution in [0.5, 0.6) is 0 Å². The van der Waals surface area contributed by atoms with Gasteiger partial charge in [0, 0.05) is 12.8 Å². The number of unbranched alkanes of at least 4 members (excludes halogenated alkanes) is 2. The molecule has 0 aliphatic heterocycles. The van der Waals surface area contributed by atoms with Crippen LogP contribution >= 0.6 is 0 Å². The van der Waals surface area contributed by atoms with Gasteiger partial charge in [0.1, 0.15) is 0 Å². The number of carbonyl (C=O) groups excluding carboxylic acids is 1. The molecule has 0 aromatic rings. The van der Waals surface area contributed by atoms with Crippen LogP contribution in [-0.4, -0.2) is 5.78 Å². The van der Waals surface area contributed by atoms with Crippen LogP contribution in [0.4, 0.5) is 0 Å². The van der Waals surface area contributed by atoms with Crippen molar-refractivity contribution in [3.8, 4) is 12.3 Å². The summed E-state index contributed by atoms with van der Waals surface area (Å²) in [7, 11) is 0. The quantitative estimate of drug-likeness (QED) is 0.458. The first kappa shape index (κ1) is 9.06. The van der Waals surface area contributed by atoms with E-state index in [0.717, 1.165) is 38.5 Å². The summed E-state index contributed by atoms with van der Waals surface area (Å²) in [5.41, 5.74) is 1.32. The standard InChI is InChI=1S/C11H14O/c1-2-3-4-5-6-10-7-8-11(12)9-10/h1,9H,3-8H2. The van der Waals surface area contributed by atoms with Crippen molar-refractivity contribution in [1.82, 2.24) is 0 Å². The molecule has 0 saturated carbocycles. The lowest BCUT2D eigenvalue weighted by Crippen LogP contribution is -1.80. The minimum absolute atomic E-state index is 0.293. The first-order chi connectivity index (χ1) is 5.83. The number of hydrogen-bond acceptors (Lipinski definition) is 1. The minimum Gasteiger partial charge on any atom is -0.295 e. The van der Waals surface area contributed by atoms with Gasteiger partial charge in [0.25, 0.3) is 0 Å². The van der Waals surface area contributed by atoms with Crippen molar-refractivity contribution in [2.45, 2.75) is 38.5 Å². The van der Waals surface area contributed by atoms with Crippen LogP contribution in [0.2, 0.25) is 0 Å². The van der Waals surface area contributed by atoms with Crippen molar-refractivity contribution < 1.29 is 4.79 Å². The maximum atomic E-state index is 10.8. The van der Waals surface area contributed by atoms with Crippen molar-refractivity contribution in [2.24, 2.45) is 0 Å². The molecule has 1 nitrogen and oxygen atoms in total. The smallest absolute Gasteiger partial charge is 0.155 e. The van der Waals surface area contributed by atoms with Crippen molar-refractivity contribution in [1.29, 1.82) is 0 Å². The zero-order valence-electron chi connectivity index (χ0n) is 7.31. The molecule has 0 saturated heterocycles. The highest BCUT2D eigenvalue weighted by Gasteiger charge is 2.10. The van der Waals surface area contributed by atoms with Crippen LogP contribution in [0.1, 0.15) is 38.5 Å². The molecule has 0 heterocycles. The van der Waals surface area contributed by atoms with Gasteiger partial charge in [-0.05, 0) is 31.8 Å². The third-order valence-electron chi connectivity index (χ3n) is 2.13. The number of rotatable bonds is 4. The third kappa shape index (κ3) is 2.92. The van der Waals surface area contributed by atoms with E-state index in [4.69, 9.17) is 6.42 Å². The van der Waals surface area contributed by atoms with Crippen LogP contribution in [0.25, 0.3) is 0 Å². The lowest BCUT2D eigenvalue weighted by Gasteiger charge is -1.97. The molecule has 64 valence electrons. The maximum Gasteiger partial charge on any atom is 0.155 e. The molecular formula is C11H14O. The number of ketones is 1. The molecule has 1 rings (SSSR count). The summed E-state index contributed by atoms with van der Waals surface area (Å²) in [6, 6.07) is 0. The molecule has 0 radical (unpaired) electrons. The van der Waals surface area contributed by atoms with E-state index in [0.29, 0.717) is 5.78 Å². The molecule has 0 spiro atoms. The van der Waals surface area contributed by atoms with Crippen LogP contribution in [0.15, 0.2) is 11.6 Å². The van der Waals surface area contributed by atoms with Gasteiger partial charge < -0.3 is 0 Å². The molecule has 0 unspecified atom stereocenters. The lowest BCUT2D eigenvalue weighted by molar-refractivity contribution is -0.114. The Morgan fingerprint density at radius 3 is 2.83 bits per heavy atom. The van der Waals surface area contributed by atoms with E-state index in [-0.39, 0.29) is 0 Å². The second-order valence-electron chi connectivity index (χ2n) is 3.18. The van der Waals surface area contributed by atoms with E-state index in [1.54, 1.807) is 6.08 Å². The van der Waals surface area contributed by atoms with E-state index in [1.807, 2.05) is 0 Å². The Balaban J connectivity index is 2.12. The second kappa shape index (κ2) is 4.77. The molecule has 0 amide bonds. The summed E-state index contributed by atoms with van der Waals surface area (Å²) in [4.78, 5) is 10.8. The molecule has 0 bridgehead atoms. The van der Waals surface area contributed by atoms with Crippen molar-refractivity contribution in [2.75, 3.05) is 0 Å². The molecule has 1 aliphatic rings. The number of terminal acetylenes is 1. The molecule has 1 heteroatoms. The van der Waals surface area contributed by atoms with E-state index >= 15 is 0 Å².